The van der Waals surface area contributed by atoms with Gasteiger partial charge in [-0.15, -0.1) is 0 Å². The molecule has 1 saturated carbocycles. The molecule has 1 saturated heterocycles. The smallest absolute Gasteiger partial charge is 0.225 e. The maximum absolute atomic E-state index is 13.3. The van der Waals surface area contributed by atoms with E-state index in [-0.39, 0.29) is 5.92 Å². The summed E-state index contributed by atoms with van der Waals surface area (Å²) in [5.74, 6) is 1.29. The van der Waals surface area contributed by atoms with Crippen LogP contribution in [-0.2, 0) is 17.8 Å². The highest BCUT2D eigenvalue weighted by atomic mass is 16.2. The summed E-state index contributed by atoms with van der Waals surface area (Å²) in [6, 6.07) is 15.4. The summed E-state index contributed by atoms with van der Waals surface area (Å²) in [5, 5.41) is 2.70. The van der Waals surface area contributed by atoms with E-state index < -0.39 is 0 Å². The second-order valence-corrected chi connectivity index (χ2v) is 10.1. The van der Waals surface area contributed by atoms with E-state index >= 15 is 0 Å². The fraction of sp³-hybridized carbons (Fsp3) is 0.393. The lowest BCUT2D eigenvalue weighted by Crippen LogP contribution is -2.37. The summed E-state index contributed by atoms with van der Waals surface area (Å²) in [6.07, 6.45) is 10.3. The summed E-state index contributed by atoms with van der Waals surface area (Å²) < 4.78 is 2.48. The van der Waals surface area contributed by atoms with E-state index in [4.69, 9.17) is 0 Å². The van der Waals surface area contributed by atoms with Gasteiger partial charge in [-0.1, -0.05) is 42.8 Å². The number of amides is 1. The Morgan fingerprint density at radius 3 is 2.56 bits per heavy atom. The summed E-state index contributed by atoms with van der Waals surface area (Å²) in [6.45, 7) is 2.76. The van der Waals surface area contributed by atoms with Gasteiger partial charge in [-0.05, 0) is 48.4 Å². The van der Waals surface area contributed by atoms with E-state index in [1.807, 2.05) is 0 Å². The number of hydrogen-bond donors (Lipinski definition) is 1. The van der Waals surface area contributed by atoms with Gasteiger partial charge in [0.15, 0.2) is 0 Å². The lowest BCUT2D eigenvalue weighted by atomic mass is 9.83. The van der Waals surface area contributed by atoms with Gasteiger partial charge in [0, 0.05) is 66.1 Å². The van der Waals surface area contributed by atoms with Crippen LogP contribution in [0.4, 0.5) is 0 Å². The van der Waals surface area contributed by atoms with Gasteiger partial charge in [-0.2, -0.15) is 0 Å². The summed E-state index contributed by atoms with van der Waals surface area (Å²) >= 11 is 0. The average molecular weight is 424 g/mol. The Morgan fingerprint density at radius 2 is 1.72 bits per heavy atom. The molecule has 2 aliphatic heterocycles. The number of nitrogens with zero attached hydrogens (tertiary/aromatic N) is 2. The molecule has 162 valence electrons. The molecule has 0 spiro atoms. The van der Waals surface area contributed by atoms with Gasteiger partial charge in [-0.3, -0.25) is 4.79 Å². The highest BCUT2D eigenvalue weighted by molar-refractivity contribution is 5.89. The molecular formula is C28H29N3O. The van der Waals surface area contributed by atoms with Crippen molar-refractivity contribution in [3.63, 3.8) is 0 Å². The van der Waals surface area contributed by atoms with Gasteiger partial charge in [0.25, 0.3) is 0 Å². The molecule has 1 amide bonds. The van der Waals surface area contributed by atoms with Crippen molar-refractivity contribution in [3.8, 4) is 0 Å². The quantitative estimate of drug-likeness (QED) is 0.459. The van der Waals surface area contributed by atoms with Crippen LogP contribution in [0.25, 0.3) is 21.8 Å². The predicted octanol–water partition coefficient (Wildman–Crippen LogP) is 5.58. The van der Waals surface area contributed by atoms with Crippen LogP contribution in [0.3, 0.4) is 0 Å². The van der Waals surface area contributed by atoms with Crippen molar-refractivity contribution in [1.29, 1.82) is 0 Å². The molecule has 2 atom stereocenters. The third-order valence-corrected chi connectivity index (χ3v) is 8.36. The highest BCUT2D eigenvalue weighted by Crippen LogP contribution is 2.46. The Bertz CT molecular complexity index is 1340. The third-order valence-electron chi connectivity index (χ3n) is 8.36. The van der Waals surface area contributed by atoms with Gasteiger partial charge in [0.1, 0.15) is 0 Å². The molecule has 4 heterocycles. The molecule has 2 aromatic heterocycles. The molecule has 3 aliphatic rings. The van der Waals surface area contributed by atoms with Crippen LogP contribution in [0.1, 0.15) is 54.2 Å². The van der Waals surface area contributed by atoms with E-state index in [0.717, 1.165) is 32.5 Å². The number of aromatic amines is 1. The molecule has 4 nitrogen and oxygen atoms in total. The van der Waals surface area contributed by atoms with Crippen LogP contribution >= 0.6 is 0 Å². The third kappa shape index (κ3) is 2.65. The molecule has 1 unspecified atom stereocenters. The first-order valence-electron chi connectivity index (χ1n) is 12.2. The van der Waals surface area contributed by atoms with Gasteiger partial charge in [0.2, 0.25) is 5.91 Å². The number of carbonyl (C=O) groups excluding carboxylic acids is 1. The van der Waals surface area contributed by atoms with Crippen LogP contribution in [-0.4, -0.2) is 33.4 Å². The second kappa shape index (κ2) is 6.99. The van der Waals surface area contributed by atoms with Crippen molar-refractivity contribution < 1.29 is 4.79 Å². The van der Waals surface area contributed by atoms with E-state index in [2.05, 4.69) is 69.3 Å². The lowest BCUT2D eigenvalue weighted by Gasteiger charge is -2.29. The van der Waals surface area contributed by atoms with Gasteiger partial charge in [-0.25, -0.2) is 0 Å². The van der Waals surface area contributed by atoms with Gasteiger partial charge in [0.05, 0.1) is 5.52 Å². The Morgan fingerprint density at radius 1 is 0.906 bits per heavy atom. The first-order chi connectivity index (χ1) is 15.8. The number of H-pyrrole nitrogens is 1. The monoisotopic (exact) mass is 423 g/mol. The molecule has 4 aromatic rings. The maximum Gasteiger partial charge on any atom is 0.225 e. The van der Waals surface area contributed by atoms with Crippen LogP contribution in [0.2, 0.25) is 0 Å². The van der Waals surface area contributed by atoms with Crippen molar-refractivity contribution >= 4 is 27.7 Å². The largest absolute Gasteiger partial charge is 0.361 e. The summed E-state index contributed by atoms with van der Waals surface area (Å²) in [4.78, 5) is 19.0. The Hall–Kier alpha value is -3.01. The number of benzene rings is 2. The first kappa shape index (κ1) is 18.6. The number of carbonyl (C=O) groups is 1. The van der Waals surface area contributed by atoms with Gasteiger partial charge < -0.3 is 14.5 Å². The van der Waals surface area contributed by atoms with Crippen LogP contribution in [0.5, 0.6) is 0 Å². The van der Waals surface area contributed by atoms with Crippen LogP contribution in [0.15, 0.2) is 54.9 Å². The predicted molar refractivity (Wildman–Crippen MR) is 128 cm³/mol. The SMILES string of the molecule is O=C(C1CCC1)N1CC(c2c[nH]c3ccccc23)[C@H](c2cn3c4c(cccc24)CCC3)C1. The summed E-state index contributed by atoms with van der Waals surface area (Å²) in [5.41, 5.74) is 6.89. The van der Waals surface area contributed by atoms with Crippen molar-refractivity contribution in [2.45, 2.75) is 50.5 Å². The number of likely N-dealkylation sites (tertiary alicyclic amines) is 1. The zero-order valence-electron chi connectivity index (χ0n) is 18.4. The topological polar surface area (TPSA) is 41.0 Å². The number of hydrogen-bond acceptors (Lipinski definition) is 1. The molecule has 1 aliphatic carbocycles. The first-order valence-corrected chi connectivity index (χ1v) is 12.2. The molecule has 7 rings (SSSR count). The van der Waals surface area contributed by atoms with E-state index in [9.17, 15) is 4.79 Å². The van der Waals surface area contributed by atoms with Crippen LogP contribution < -0.4 is 0 Å². The number of aryl methyl sites for hydroxylation is 2. The second-order valence-electron chi connectivity index (χ2n) is 10.1. The molecule has 0 radical (unpaired) electrons. The molecular weight excluding hydrogens is 394 g/mol. The van der Waals surface area contributed by atoms with E-state index in [1.54, 1.807) is 0 Å². The number of nitrogens with one attached hydrogen (secondary N) is 1. The molecule has 32 heavy (non-hydrogen) atoms. The minimum Gasteiger partial charge on any atom is -0.361 e. The number of rotatable bonds is 3. The summed E-state index contributed by atoms with van der Waals surface area (Å²) in [7, 11) is 0. The molecule has 4 heteroatoms. The lowest BCUT2D eigenvalue weighted by molar-refractivity contribution is -0.137. The standard InChI is InChI=1S/C28H29N3O/c32-28(19-7-3-8-19)31-16-24(22-14-29-26-12-2-1-10-20(22)26)25(17-31)23-15-30-13-5-9-18-6-4-11-21(23)27(18)30/h1-2,4,6,10-12,14-15,19,24-25,29H,3,5,7-9,13,16-17H2/t24?,25-/m0/s1. The van der Waals surface area contributed by atoms with Crippen molar-refractivity contribution in [2.24, 2.45) is 5.92 Å². The number of fused-ring (bicyclic) bond motifs is 1. The normalized spacial score (nSPS) is 23.2. The van der Waals surface area contributed by atoms with Crippen LogP contribution in [0, 0.1) is 5.92 Å². The molecule has 0 bridgehead atoms. The zero-order valence-corrected chi connectivity index (χ0v) is 18.4. The van der Waals surface area contributed by atoms with E-state index in [1.165, 1.54) is 57.8 Å². The molecule has 2 aromatic carbocycles. The van der Waals surface area contributed by atoms with Crippen molar-refractivity contribution in [3.05, 3.63) is 71.5 Å². The minimum atomic E-state index is 0.257. The molecule has 2 fully saturated rings. The Balaban J connectivity index is 1.36. The highest BCUT2D eigenvalue weighted by Gasteiger charge is 2.42. The van der Waals surface area contributed by atoms with Crippen molar-refractivity contribution in [2.75, 3.05) is 13.1 Å². The number of aromatic nitrogens is 2. The maximum atomic E-state index is 13.3. The minimum absolute atomic E-state index is 0.257. The molecule has 1 N–H and O–H groups in total. The fourth-order valence-corrected chi connectivity index (χ4v) is 6.51. The Kier molecular flexibility index (Phi) is 4.06. The fourth-order valence-electron chi connectivity index (χ4n) is 6.51. The van der Waals surface area contributed by atoms with Crippen molar-refractivity contribution in [1.82, 2.24) is 14.5 Å². The Labute approximate surface area is 188 Å². The number of para-hydroxylation sites is 2. The average Bonchev–Trinajstić information content (AvgIpc) is 3.48. The van der Waals surface area contributed by atoms with E-state index in [0.29, 0.717) is 17.7 Å². The zero-order chi connectivity index (χ0) is 21.2. The van der Waals surface area contributed by atoms with Gasteiger partial charge >= 0.3 is 0 Å².